The van der Waals surface area contributed by atoms with Gasteiger partial charge in [0.2, 0.25) is 0 Å². The van der Waals surface area contributed by atoms with Crippen LogP contribution in [0.2, 0.25) is 10.0 Å². The molecule has 0 radical (unpaired) electrons. The second-order valence-electron chi connectivity index (χ2n) is 9.17. The highest BCUT2D eigenvalue weighted by Gasteiger charge is 2.31. The molecule has 2 aromatic carbocycles. The van der Waals surface area contributed by atoms with Crippen molar-refractivity contribution in [1.82, 2.24) is 19.9 Å². The Hall–Kier alpha value is -3.10. The van der Waals surface area contributed by atoms with E-state index in [1.165, 1.54) is 4.90 Å². The zero-order valence-electron chi connectivity index (χ0n) is 19.8. The molecule has 8 nitrogen and oxygen atoms in total. The van der Waals surface area contributed by atoms with E-state index in [9.17, 15) is 14.7 Å². The number of carbonyl (C=O) groups is 2. The topological polar surface area (TPSA) is 100 Å². The quantitative estimate of drug-likeness (QED) is 0.430. The number of nitrogens with zero attached hydrogens (tertiary/aromatic N) is 4. The van der Waals surface area contributed by atoms with Crippen LogP contribution in [0.4, 0.5) is 10.6 Å². The van der Waals surface area contributed by atoms with E-state index in [0.717, 1.165) is 23.1 Å². The number of fused-ring (bicyclic) bond motifs is 1. The van der Waals surface area contributed by atoms with E-state index in [1.54, 1.807) is 22.9 Å². The first-order valence-electron chi connectivity index (χ1n) is 11.4. The van der Waals surface area contributed by atoms with E-state index in [1.807, 2.05) is 25.1 Å². The summed E-state index contributed by atoms with van der Waals surface area (Å²) in [4.78, 5) is 26.3. The van der Waals surface area contributed by atoms with Crippen molar-refractivity contribution in [2.75, 3.05) is 11.9 Å². The summed E-state index contributed by atoms with van der Waals surface area (Å²) in [5.41, 5.74) is 4.07. The van der Waals surface area contributed by atoms with Gasteiger partial charge in [-0.3, -0.25) is 4.79 Å². The Labute approximate surface area is 213 Å². The number of hydrogen-bond donors (Lipinski definition) is 2. The van der Waals surface area contributed by atoms with Gasteiger partial charge in [-0.2, -0.15) is 0 Å². The molecule has 0 bridgehead atoms. The number of halogens is 2. The summed E-state index contributed by atoms with van der Waals surface area (Å²) in [6.45, 7) is 6.83. The van der Waals surface area contributed by atoms with Crippen molar-refractivity contribution in [3.63, 3.8) is 0 Å². The largest absolute Gasteiger partial charge is 0.465 e. The minimum Gasteiger partial charge on any atom is -0.465 e. The molecule has 0 saturated carbocycles. The number of hydrogen-bond acceptors (Lipinski definition) is 4. The zero-order chi connectivity index (χ0) is 25.3. The van der Waals surface area contributed by atoms with Crippen molar-refractivity contribution >= 4 is 41.0 Å². The van der Waals surface area contributed by atoms with E-state index in [2.05, 4.69) is 29.5 Å². The molecule has 184 valence electrons. The van der Waals surface area contributed by atoms with E-state index < -0.39 is 6.09 Å². The molecule has 3 aromatic rings. The highest BCUT2D eigenvalue weighted by molar-refractivity contribution is 6.42. The Morgan fingerprint density at radius 1 is 1.17 bits per heavy atom. The average Bonchev–Trinajstić information content (AvgIpc) is 3.14. The third-order valence-electron chi connectivity index (χ3n) is 6.23. The van der Waals surface area contributed by atoms with Crippen molar-refractivity contribution in [3.05, 3.63) is 74.4 Å². The van der Waals surface area contributed by atoms with Gasteiger partial charge >= 0.3 is 6.09 Å². The van der Waals surface area contributed by atoms with Crippen LogP contribution in [0, 0.1) is 12.8 Å². The van der Waals surface area contributed by atoms with Crippen LogP contribution in [0.1, 0.15) is 59.1 Å². The Kier molecular flexibility index (Phi) is 7.33. The lowest BCUT2D eigenvalue weighted by Gasteiger charge is -2.36. The fourth-order valence-electron chi connectivity index (χ4n) is 4.40. The predicted molar refractivity (Wildman–Crippen MR) is 135 cm³/mol. The molecular formula is C25H27Cl2N5O3. The molecule has 1 aliphatic rings. The molecule has 0 fully saturated rings. The van der Waals surface area contributed by atoms with E-state index in [-0.39, 0.29) is 11.9 Å². The second kappa shape index (κ2) is 10.3. The fourth-order valence-corrected chi connectivity index (χ4v) is 4.72. The maximum atomic E-state index is 13.0. The number of carbonyl (C=O) groups excluding carboxylic acids is 1. The smallest absolute Gasteiger partial charge is 0.407 e. The van der Waals surface area contributed by atoms with Crippen molar-refractivity contribution in [3.8, 4) is 0 Å². The maximum absolute atomic E-state index is 13.0. The van der Waals surface area contributed by atoms with E-state index >= 15 is 0 Å². The molecule has 0 spiro atoms. The molecule has 1 aromatic heterocycles. The SMILES string of the molecule is Cc1c(NC(=O)c2ccc3c(c2)CCN(C(=O)O)C3CC(C)C)nnn1Cc1ccc(Cl)c(Cl)c1. The molecule has 4 rings (SSSR count). The van der Waals surface area contributed by atoms with Crippen molar-refractivity contribution < 1.29 is 14.7 Å². The number of nitrogens with one attached hydrogen (secondary N) is 1. The number of anilines is 1. The zero-order valence-corrected chi connectivity index (χ0v) is 21.3. The van der Waals surface area contributed by atoms with Gasteiger partial charge in [0.05, 0.1) is 28.3 Å². The van der Waals surface area contributed by atoms with Crippen LogP contribution in [0.15, 0.2) is 36.4 Å². The minimum atomic E-state index is -0.914. The van der Waals surface area contributed by atoms with Crippen LogP contribution in [-0.2, 0) is 13.0 Å². The predicted octanol–water partition coefficient (Wildman–Crippen LogP) is 5.82. The van der Waals surface area contributed by atoms with Gasteiger partial charge in [0.25, 0.3) is 5.91 Å². The Bertz CT molecular complexity index is 1270. The number of aromatic nitrogens is 3. The lowest BCUT2D eigenvalue weighted by Crippen LogP contribution is -2.39. The van der Waals surface area contributed by atoms with Crippen LogP contribution in [-0.4, -0.2) is 43.5 Å². The van der Waals surface area contributed by atoms with E-state index in [0.29, 0.717) is 52.5 Å². The number of carboxylic acid groups (broad SMARTS) is 1. The summed E-state index contributed by atoms with van der Waals surface area (Å²) in [7, 11) is 0. The summed E-state index contributed by atoms with van der Waals surface area (Å²) >= 11 is 12.1. The molecule has 1 unspecified atom stereocenters. The standard InChI is InChI=1S/C25H27Cl2N5O3/c1-14(2)10-22-19-6-5-18(12-17(19)8-9-31(22)25(34)35)24(33)28-23-15(3)32(30-29-23)13-16-4-7-20(26)21(27)11-16/h4-7,11-12,14,22H,8-10,13H2,1-3H3,(H,28,33)(H,34,35). The molecule has 2 N–H and O–H groups in total. The van der Waals surface area contributed by atoms with Crippen LogP contribution in [0.5, 0.6) is 0 Å². The van der Waals surface area contributed by atoms with Crippen LogP contribution >= 0.6 is 23.2 Å². The van der Waals surface area contributed by atoms with Gasteiger partial charge in [-0.05, 0) is 66.6 Å². The van der Waals surface area contributed by atoms with Crippen molar-refractivity contribution in [2.24, 2.45) is 5.92 Å². The monoisotopic (exact) mass is 515 g/mol. The molecule has 0 saturated heterocycles. The van der Waals surface area contributed by atoms with Gasteiger partial charge in [-0.15, -0.1) is 5.10 Å². The number of amides is 2. The molecule has 0 aliphatic carbocycles. The average molecular weight is 516 g/mol. The van der Waals surface area contributed by atoms with Gasteiger partial charge < -0.3 is 15.3 Å². The number of benzene rings is 2. The third kappa shape index (κ3) is 5.44. The van der Waals surface area contributed by atoms with Crippen LogP contribution in [0.3, 0.4) is 0 Å². The lowest BCUT2D eigenvalue weighted by atomic mass is 9.87. The molecule has 2 heterocycles. The summed E-state index contributed by atoms with van der Waals surface area (Å²) in [6, 6.07) is 10.6. The molecule has 1 atom stereocenters. The minimum absolute atomic E-state index is 0.211. The molecular weight excluding hydrogens is 489 g/mol. The first-order chi connectivity index (χ1) is 16.6. The normalized spacial score (nSPS) is 15.3. The summed E-state index contributed by atoms with van der Waals surface area (Å²) in [5.74, 6) is 0.423. The highest BCUT2D eigenvalue weighted by Crippen LogP contribution is 2.35. The van der Waals surface area contributed by atoms with Gasteiger partial charge in [0.1, 0.15) is 0 Å². The van der Waals surface area contributed by atoms with Crippen molar-refractivity contribution in [2.45, 2.75) is 46.2 Å². The third-order valence-corrected chi connectivity index (χ3v) is 6.97. The highest BCUT2D eigenvalue weighted by atomic mass is 35.5. The molecule has 10 heteroatoms. The molecule has 1 aliphatic heterocycles. The summed E-state index contributed by atoms with van der Waals surface area (Å²) in [5, 5.41) is 21.7. The first kappa shape index (κ1) is 25.0. The molecule has 35 heavy (non-hydrogen) atoms. The summed E-state index contributed by atoms with van der Waals surface area (Å²) in [6.07, 6.45) is 0.380. The van der Waals surface area contributed by atoms with Gasteiger partial charge in [0.15, 0.2) is 5.82 Å². The Morgan fingerprint density at radius 2 is 1.94 bits per heavy atom. The van der Waals surface area contributed by atoms with Gasteiger partial charge in [-0.1, -0.05) is 54.4 Å². The maximum Gasteiger partial charge on any atom is 0.407 e. The van der Waals surface area contributed by atoms with Crippen LogP contribution < -0.4 is 5.32 Å². The first-order valence-corrected chi connectivity index (χ1v) is 12.2. The Balaban J connectivity index is 1.51. The lowest BCUT2D eigenvalue weighted by molar-refractivity contribution is 0.102. The van der Waals surface area contributed by atoms with Gasteiger partial charge in [-0.25, -0.2) is 9.48 Å². The summed E-state index contributed by atoms with van der Waals surface area (Å²) < 4.78 is 1.68. The fraction of sp³-hybridized carbons (Fsp3) is 0.360. The van der Waals surface area contributed by atoms with E-state index in [4.69, 9.17) is 23.2 Å². The molecule has 2 amide bonds. The number of rotatable bonds is 6. The Morgan fingerprint density at radius 3 is 2.63 bits per heavy atom. The van der Waals surface area contributed by atoms with Crippen LogP contribution in [0.25, 0.3) is 0 Å². The van der Waals surface area contributed by atoms with Gasteiger partial charge in [0, 0.05) is 12.1 Å². The van der Waals surface area contributed by atoms with Crippen molar-refractivity contribution in [1.29, 1.82) is 0 Å². The second-order valence-corrected chi connectivity index (χ2v) is 9.98.